The first-order valence-electron chi connectivity index (χ1n) is 22.7. The smallest absolute Gasteiger partial charge is 0.335 e. The van der Waals surface area contributed by atoms with Gasteiger partial charge >= 0.3 is 11.9 Å². The van der Waals surface area contributed by atoms with Crippen LogP contribution in [0.5, 0.6) is 0 Å². The summed E-state index contributed by atoms with van der Waals surface area (Å²) in [6.45, 7) is -0.201. The quantitative estimate of drug-likeness (QED) is 0.153. The van der Waals surface area contributed by atoms with E-state index >= 15 is 0 Å². The highest BCUT2D eigenvalue weighted by atomic mass is 16.4. The van der Waals surface area contributed by atoms with Crippen molar-refractivity contribution in [3.05, 3.63) is 205 Å². The summed E-state index contributed by atoms with van der Waals surface area (Å²) < 4.78 is 4.83. The standard InChI is InChI=1S/C59H34BN5O4/c66-58(67)37-23-19-33(20-24-37)40-27-29-44-53-50(40)42-15-7-9-17-46(42)64(53)48-31-39(57-62-55(35-11-3-1-4-12-35)61-56(63-57)36-13-5-2-6-14-36)32-49-52(48)60(44)45-30-28-41(34-21-25-38(26-22-34)59(68)69)51-43-16-8-10-18-47(43)65(49)54(45)51/h1-32H,(H,66,67)(H,68,69). The molecule has 14 rings (SSSR count). The molecular formula is C59H34BN5O4. The lowest BCUT2D eigenvalue weighted by Crippen LogP contribution is -2.59. The molecule has 0 aliphatic carbocycles. The van der Waals surface area contributed by atoms with Crippen LogP contribution in [-0.2, 0) is 0 Å². The number of nitrogens with zero attached hydrogens (tertiary/aromatic N) is 5. The van der Waals surface area contributed by atoms with Gasteiger partial charge in [-0.15, -0.1) is 0 Å². The molecule has 2 N–H and O–H groups in total. The molecule has 2 aliphatic heterocycles. The molecule has 2 aliphatic rings. The van der Waals surface area contributed by atoms with Crippen molar-refractivity contribution in [3.63, 3.8) is 0 Å². The second kappa shape index (κ2) is 14.5. The minimum Gasteiger partial charge on any atom is -0.478 e. The summed E-state index contributed by atoms with van der Waals surface area (Å²) in [4.78, 5) is 39.6. The molecule has 12 aromatic rings. The van der Waals surface area contributed by atoms with Crippen molar-refractivity contribution in [2.75, 3.05) is 0 Å². The Morgan fingerprint density at radius 2 is 0.797 bits per heavy atom. The third kappa shape index (κ3) is 5.63. The number of aromatic carboxylic acids is 2. The van der Waals surface area contributed by atoms with Crippen LogP contribution in [0.25, 0.3) is 111 Å². The van der Waals surface area contributed by atoms with Crippen LogP contribution in [0.1, 0.15) is 20.7 Å². The fraction of sp³-hybridized carbons (Fsp3) is 0. The first-order chi connectivity index (χ1) is 33.9. The van der Waals surface area contributed by atoms with Gasteiger partial charge in [-0.2, -0.15) is 0 Å². The molecule has 0 bridgehead atoms. The number of rotatable bonds is 7. The number of aromatic nitrogens is 5. The first kappa shape index (κ1) is 38.8. The van der Waals surface area contributed by atoms with Gasteiger partial charge in [0.1, 0.15) is 0 Å². The maximum Gasteiger partial charge on any atom is 0.335 e. The number of carbonyl (C=O) groups is 2. The van der Waals surface area contributed by atoms with Crippen LogP contribution in [0.3, 0.4) is 0 Å². The Balaban J connectivity index is 1.13. The molecule has 0 unspecified atom stereocenters. The molecule has 0 spiro atoms. The zero-order valence-corrected chi connectivity index (χ0v) is 36.5. The average molecular weight is 888 g/mol. The number of carboxylic acid groups (broad SMARTS) is 2. The van der Waals surface area contributed by atoms with Crippen molar-refractivity contribution in [2.45, 2.75) is 0 Å². The zero-order chi connectivity index (χ0) is 46.1. The molecule has 0 atom stereocenters. The third-order valence-corrected chi connectivity index (χ3v) is 14.1. The van der Waals surface area contributed by atoms with Crippen LogP contribution in [0.4, 0.5) is 0 Å². The van der Waals surface area contributed by atoms with Crippen molar-refractivity contribution in [2.24, 2.45) is 0 Å². The fourth-order valence-corrected chi connectivity index (χ4v) is 11.1. The van der Waals surface area contributed by atoms with Gasteiger partial charge in [-0.3, -0.25) is 0 Å². The largest absolute Gasteiger partial charge is 0.478 e. The van der Waals surface area contributed by atoms with Crippen LogP contribution < -0.4 is 16.4 Å². The molecule has 5 heterocycles. The van der Waals surface area contributed by atoms with Gasteiger partial charge in [0.25, 0.3) is 6.71 Å². The molecular weight excluding hydrogens is 853 g/mol. The number of fused-ring (bicyclic) bond motifs is 10. The SMILES string of the molecule is O=C(O)c1ccc(-c2ccc3c4c2c2ccccc2n4-c2cc(-c4nc(-c5ccccc5)nc(-c5ccccc5)n4)cc4c2B3c2ccc(-c3ccc(C(=O)O)cc3)c3c5ccccc5n-4c23)cc1. The molecule has 69 heavy (non-hydrogen) atoms. The van der Waals surface area contributed by atoms with E-state index in [0.29, 0.717) is 17.5 Å². The Morgan fingerprint density at radius 1 is 0.406 bits per heavy atom. The summed E-state index contributed by atoms with van der Waals surface area (Å²) >= 11 is 0. The number of hydrogen-bond acceptors (Lipinski definition) is 5. The van der Waals surface area contributed by atoms with Gasteiger partial charge in [0.15, 0.2) is 17.5 Å². The maximum atomic E-state index is 12.0. The van der Waals surface area contributed by atoms with Crippen molar-refractivity contribution < 1.29 is 19.8 Å². The second-order valence-corrected chi connectivity index (χ2v) is 17.7. The Hall–Kier alpha value is -9.41. The molecule has 3 aromatic heterocycles. The van der Waals surface area contributed by atoms with Crippen molar-refractivity contribution in [3.8, 4) is 67.8 Å². The van der Waals surface area contributed by atoms with E-state index in [1.54, 1.807) is 24.3 Å². The Kier molecular flexibility index (Phi) is 8.19. The van der Waals surface area contributed by atoms with E-state index in [-0.39, 0.29) is 17.8 Å². The lowest BCUT2D eigenvalue weighted by molar-refractivity contribution is 0.0686. The lowest BCUT2D eigenvalue weighted by Gasteiger charge is -2.34. The van der Waals surface area contributed by atoms with Crippen molar-refractivity contribution in [1.29, 1.82) is 0 Å². The van der Waals surface area contributed by atoms with Gasteiger partial charge in [-0.25, -0.2) is 24.5 Å². The van der Waals surface area contributed by atoms with Crippen LogP contribution in [0, 0.1) is 0 Å². The monoisotopic (exact) mass is 887 g/mol. The van der Waals surface area contributed by atoms with Gasteiger partial charge in [0.2, 0.25) is 0 Å². The second-order valence-electron chi connectivity index (χ2n) is 17.7. The summed E-state index contributed by atoms with van der Waals surface area (Å²) in [6.07, 6.45) is 0. The maximum absolute atomic E-state index is 12.0. The Morgan fingerprint density at radius 3 is 1.22 bits per heavy atom. The first-order valence-corrected chi connectivity index (χ1v) is 22.7. The van der Waals surface area contributed by atoms with E-state index in [1.807, 2.05) is 84.9 Å². The van der Waals surface area contributed by atoms with E-state index in [4.69, 9.17) is 15.0 Å². The van der Waals surface area contributed by atoms with Gasteiger partial charge in [0, 0.05) is 60.6 Å². The van der Waals surface area contributed by atoms with Crippen molar-refractivity contribution >= 4 is 78.7 Å². The predicted molar refractivity (Wildman–Crippen MR) is 274 cm³/mol. The van der Waals surface area contributed by atoms with E-state index < -0.39 is 11.9 Å². The highest BCUT2D eigenvalue weighted by Gasteiger charge is 2.42. The van der Waals surface area contributed by atoms with Gasteiger partial charge < -0.3 is 19.3 Å². The topological polar surface area (TPSA) is 123 Å². The summed E-state index contributed by atoms with van der Waals surface area (Å²) in [5, 5.41) is 24.0. The summed E-state index contributed by atoms with van der Waals surface area (Å²) in [5.74, 6) is -0.260. The molecule has 0 amide bonds. The molecule has 10 heteroatoms. The van der Waals surface area contributed by atoms with E-state index in [2.05, 4.69) is 94.1 Å². The molecule has 0 fully saturated rings. The zero-order valence-electron chi connectivity index (χ0n) is 36.5. The van der Waals surface area contributed by atoms with Crippen LogP contribution in [0.15, 0.2) is 194 Å². The predicted octanol–water partition coefficient (Wildman–Crippen LogP) is 10.9. The summed E-state index contributed by atoms with van der Waals surface area (Å²) in [7, 11) is 0. The van der Waals surface area contributed by atoms with Crippen LogP contribution in [0.2, 0.25) is 0 Å². The number of para-hydroxylation sites is 2. The van der Waals surface area contributed by atoms with Crippen molar-refractivity contribution in [1.82, 2.24) is 24.1 Å². The number of hydrogen-bond donors (Lipinski definition) is 2. The third-order valence-electron chi connectivity index (χ3n) is 14.1. The highest BCUT2D eigenvalue weighted by molar-refractivity contribution is 7.00. The van der Waals surface area contributed by atoms with Crippen LogP contribution in [-0.4, -0.2) is 53.0 Å². The fourth-order valence-electron chi connectivity index (χ4n) is 11.1. The number of carboxylic acids is 2. The number of benzene rings is 9. The molecule has 322 valence electrons. The normalized spacial score (nSPS) is 12.3. The van der Waals surface area contributed by atoms with E-state index in [0.717, 1.165) is 110 Å². The molecule has 9 nitrogen and oxygen atoms in total. The molecule has 0 saturated carbocycles. The average Bonchev–Trinajstić information content (AvgIpc) is 3.94. The summed E-state index contributed by atoms with van der Waals surface area (Å²) in [5.41, 5.74) is 16.6. The molecule has 0 radical (unpaired) electrons. The Labute approximate surface area is 394 Å². The summed E-state index contributed by atoms with van der Waals surface area (Å²) in [6, 6.07) is 64.8. The molecule has 0 saturated heterocycles. The van der Waals surface area contributed by atoms with Gasteiger partial charge in [0.05, 0.1) is 22.2 Å². The van der Waals surface area contributed by atoms with E-state index in [1.165, 1.54) is 0 Å². The molecule has 9 aromatic carbocycles. The van der Waals surface area contributed by atoms with Gasteiger partial charge in [-0.1, -0.05) is 146 Å². The highest BCUT2D eigenvalue weighted by Crippen LogP contribution is 2.45. The van der Waals surface area contributed by atoms with E-state index in [9.17, 15) is 19.8 Å². The van der Waals surface area contributed by atoms with Crippen LogP contribution >= 0.6 is 0 Å². The minimum atomic E-state index is -0.967. The minimum absolute atomic E-state index is 0.201. The van der Waals surface area contributed by atoms with Gasteiger partial charge in [-0.05, 0) is 87.2 Å². The lowest BCUT2D eigenvalue weighted by atomic mass is 9.34. The Bertz CT molecular complexity index is 3920.